The van der Waals surface area contributed by atoms with Crippen molar-refractivity contribution in [3.8, 4) is 0 Å². The molecular weight excluding hydrogens is 470 g/mol. The van der Waals surface area contributed by atoms with Crippen LogP contribution in [-0.2, 0) is 19.1 Å². The van der Waals surface area contributed by atoms with Crippen LogP contribution in [0.25, 0.3) is 11.0 Å². The second kappa shape index (κ2) is 7.46. The Morgan fingerprint density at radius 3 is 2.58 bits per heavy atom. The van der Waals surface area contributed by atoms with Crippen molar-refractivity contribution in [3.63, 3.8) is 0 Å². The first-order valence-corrected chi connectivity index (χ1v) is 8.94. The second-order valence-corrected chi connectivity index (χ2v) is 6.78. The van der Waals surface area contributed by atoms with Crippen molar-refractivity contribution in [2.24, 2.45) is 0 Å². The predicted octanol–water partition coefficient (Wildman–Crippen LogP) is 3.58. The van der Waals surface area contributed by atoms with Crippen LogP contribution in [0.2, 0.25) is 0 Å². The van der Waals surface area contributed by atoms with Crippen LogP contribution in [0.4, 0.5) is 5.69 Å². The number of aromatic amines is 1. The molecule has 0 spiro atoms. The zero-order valence-corrected chi connectivity index (χ0v) is 16.9. The molecule has 0 fully saturated rings. The first-order valence-electron chi connectivity index (χ1n) is 7.35. The number of H-pyrrole nitrogens is 1. The number of allylic oxidation sites excluding steroid dienone is 2. The van der Waals surface area contributed by atoms with Crippen LogP contribution in [0.5, 0.6) is 0 Å². The van der Waals surface area contributed by atoms with Crippen LogP contribution < -0.4 is 4.90 Å². The number of hydrogen-bond acceptors (Lipinski definition) is 6. The largest absolute Gasteiger partial charge is 0.465 e. The number of rotatable bonds is 3. The van der Waals surface area contributed by atoms with Gasteiger partial charge in [0.05, 0.1) is 41.8 Å². The van der Waals surface area contributed by atoms with Gasteiger partial charge in [0.25, 0.3) is 0 Å². The summed E-state index contributed by atoms with van der Waals surface area (Å²) in [4.78, 5) is 33.6. The lowest BCUT2D eigenvalue weighted by molar-refractivity contribution is -0.139. The molecule has 1 aromatic carbocycles. The molecule has 0 unspecified atom stereocenters. The first kappa shape index (κ1) is 18.4. The van der Waals surface area contributed by atoms with Gasteiger partial charge in [-0.1, -0.05) is 6.08 Å². The molecule has 0 radical (unpaired) electrons. The summed E-state index contributed by atoms with van der Waals surface area (Å²) in [6.07, 6.45) is 8.07. The van der Waals surface area contributed by atoms with Crippen LogP contribution in [0, 0.1) is 0 Å². The molecule has 3 rings (SSSR count). The fourth-order valence-electron chi connectivity index (χ4n) is 2.56. The van der Waals surface area contributed by atoms with Gasteiger partial charge in [0.15, 0.2) is 0 Å². The van der Waals surface area contributed by atoms with Crippen molar-refractivity contribution in [1.82, 2.24) is 9.97 Å². The van der Waals surface area contributed by atoms with E-state index in [0.29, 0.717) is 20.1 Å². The summed E-state index contributed by atoms with van der Waals surface area (Å²) in [6.45, 7) is 0. The molecule has 0 saturated carbocycles. The molecule has 2 aromatic rings. The highest BCUT2D eigenvalue weighted by molar-refractivity contribution is 9.11. The van der Waals surface area contributed by atoms with Crippen LogP contribution in [-0.4, -0.2) is 36.1 Å². The molecule has 0 atom stereocenters. The van der Waals surface area contributed by atoms with Gasteiger partial charge in [0, 0.05) is 10.7 Å². The number of halogens is 2. The maximum absolute atomic E-state index is 12.5. The zero-order valence-electron chi connectivity index (χ0n) is 13.7. The van der Waals surface area contributed by atoms with Gasteiger partial charge in [-0.05, 0) is 50.1 Å². The summed E-state index contributed by atoms with van der Waals surface area (Å²) >= 11 is 7.07. The lowest BCUT2D eigenvalue weighted by atomic mass is 10.1. The number of methoxy groups -OCH3 is 2. The molecule has 26 heavy (non-hydrogen) atoms. The van der Waals surface area contributed by atoms with Crippen molar-refractivity contribution in [3.05, 3.63) is 57.0 Å². The Labute approximate surface area is 165 Å². The normalized spacial score (nSPS) is 13.9. The van der Waals surface area contributed by atoms with Crippen LogP contribution in [0.1, 0.15) is 0 Å². The van der Waals surface area contributed by atoms with Crippen molar-refractivity contribution >= 4 is 60.5 Å². The quantitative estimate of drug-likeness (QED) is 0.673. The van der Waals surface area contributed by atoms with Crippen LogP contribution in [0.15, 0.2) is 57.0 Å². The average molecular weight is 483 g/mol. The van der Waals surface area contributed by atoms with Crippen molar-refractivity contribution in [2.75, 3.05) is 19.1 Å². The Kier molecular flexibility index (Phi) is 5.28. The standard InChI is InChI=1S/C17H13Br2N3O4/c1-25-16(23)9-5-3-4-6-22(14(9)17(24)26-2)15-10(18)7-11-13(12(15)19)21-8-20-11/h3-8H,1-2H3,(H,20,21). The number of carbonyl (C=O) groups is 2. The van der Waals surface area contributed by atoms with Gasteiger partial charge < -0.3 is 19.4 Å². The van der Waals surface area contributed by atoms with Gasteiger partial charge in [-0.2, -0.15) is 0 Å². The molecule has 0 bridgehead atoms. The van der Waals surface area contributed by atoms with Gasteiger partial charge in [0.1, 0.15) is 11.2 Å². The lowest BCUT2D eigenvalue weighted by Gasteiger charge is -2.25. The Bertz CT molecular complexity index is 991. The third-order valence-corrected chi connectivity index (χ3v) is 5.07. The van der Waals surface area contributed by atoms with E-state index in [2.05, 4.69) is 41.8 Å². The van der Waals surface area contributed by atoms with E-state index in [4.69, 9.17) is 9.47 Å². The summed E-state index contributed by atoms with van der Waals surface area (Å²) in [5.41, 5.74) is 2.18. The summed E-state index contributed by atoms with van der Waals surface area (Å²) in [6, 6.07) is 1.83. The monoisotopic (exact) mass is 481 g/mol. The molecule has 1 N–H and O–H groups in total. The maximum Gasteiger partial charge on any atom is 0.355 e. The highest BCUT2D eigenvalue weighted by Crippen LogP contribution is 2.41. The Morgan fingerprint density at radius 1 is 1.15 bits per heavy atom. The molecule has 1 aliphatic heterocycles. The maximum atomic E-state index is 12.5. The molecule has 9 heteroatoms. The van der Waals surface area contributed by atoms with Crippen molar-refractivity contribution in [2.45, 2.75) is 0 Å². The fraction of sp³-hybridized carbons (Fsp3) is 0.118. The van der Waals surface area contributed by atoms with Crippen LogP contribution >= 0.6 is 31.9 Å². The molecule has 0 aliphatic carbocycles. The summed E-state index contributed by atoms with van der Waals surface area (Å²) in [7, 11) is 2.50. The van der Waals surface area contributed by atoms with Gasteiger partial charge >= 0.3 is 11.9 Å². The second-order valence-electron chi connectivity index (χ2n) is 5.14. The van der Waals surface area contributed by atoms with Gasteiger partial charge in [-0.25, -0.2) is 14.6 Å². The van der Waals surface area contributed by atoms with Gasteiger partial charge in [0.2, 0.25) is 0 Å². The number of anilines is 1. The number of ether oxygens (including phenoxy) is 2. The summed E-state index contributed by atoms with van der Waals surface area (Å²) in [5.74, 6) is -1.33. The highest BCUT2D eigenvalue weighted by Gasteiger charge is 2.30. The van der Waals surface area contributed by atoms with E-state index in [9.17, 15) is 9.59 Å². The lowest BCUT2D eigenvalue weighted by Crippen LogP contribution is -2.27. The summed E-state index contributed by atoms with van der Waals surface area (Å²) < 4.78 is 11.0. The number of fused-ring (bicyclic) bond motifs is 1. The number of hydrogen-bond donors (Lipinski definition) is 1. The Morgan fingerprint density at radius 2 is 1.88 bits per heavy atom. The van der Waals surface area contributed by atoms with E-state index in [1.807, 2.05) is 6.07 Å². The molecule has 134 valence electrons. The number of nitrogens with zero attached hydrogens (tertiary/aromatic N) is 2. The highest BCUT2D eigenvalue weighted by atomic mass is 79.9. The summed E-state index contributed by atoms with van der Waals surface area (Å²) in [5, 5.41) is 0. The van der Waals surface area contributed by atoms with E-state index in [1.165, 1.54) is 20.3 Å². The molecule has 0 saturated heterocycles. The minimum Gasteiger partial charge on any atom is -0.465 e. The van der Waals surface area contributed by atoms with Crippen molar-refractivity contribution in [1.29, 1.82) is 0 Å². The van der Waals surface area contributed by atoms with E-state index < -0.39 is 11.9 Å². The topological polar surface area (TPSA) is 84.5 Å². The number of benzene rings is 1. The minimum atomic E-state index is -0.678. The molecule has 0 amide bonds. The first-order chi connectivity index (χ1) is 12.5. The van der Waals surface area contributed by atoms with Gasteiger partial charge in [-0.3, -0.25) is 0 Å². The van der Waals surface area contributed by atoms with Crippen LogP contribution in [0.3, 0.4) is 0 Å². The third kappa shape index (κ3) is 3.08. The molecule has 7 nitrogen and oxygen atoms in total. The molecule has 1 aromatic heterocycles. The molecule has 1 aliphatic rings. The SMILES string of the molecule is COC(=O)C1=C(C(=O)OC)N(c2c(Br)cc3[nH]cnc3c2Br)C=CC=C1. The van der Waals surface area contributed by atoms with E-state index in [0.717, 1.165) is 5.52 Å². The molecule has 2 heterocycles. The van der Waals surface area contributed by atoms with E-state index in [-0.39, 0.29) is 11.3 Å². The van der Waals surface area contributed by atoms with E-state index in [1.54, 1.807) is 29.6 Å². The average Bonchev–Trinajstić information content (AvgIpc) is 2.99. The predicted molar refractivity (Wildman–Crippen MR) is 103 cm³/mol. The minimum absolute atomic E-state index is 0.0284. The number of esters is 2. The number of aromatic nitrogens is 2. The van der Waals surface area contributed by atoms with Gasteiger partial charge in [-0.15, -0.1) is 0 Å². The number of nitrogens with one attached hydrogen (secondary N) is 1. The third-order valence-electron chi connectivity index (χ3n) is 3.71. The van der Waals surface area contributed by atoms with E-state index >= 15 is 0 Å². The van der Waals surface area contributed by atoms with Crippen molar-refractivity contribution < 1.29 is 19.1 Å². The smallest absolute Gasteiger partial charge is 0.355 e. The fourth-order valence-corrected chi connectivity index (χ4v) is 4.16. The Hall–Kier alpha value is -2.39. The number of imidazole rings is 1. The number of carbonyl (C=O) groups excluding carboxylic acids is 2. The Balaban J connectivity index is 2.31. The molecular formula is C17H13Br2N3O4. The zero-order chi connectivity index (χ0) is 18.8.